The minimum absolute atomic E-state index is 0.356. The molecule has 30 heavy (non-hydrogen) atoms. The van der Waals surface area contributed by atoms with E-state index in [0.717, 1.165) is 45.6 Å². The Kier molecular flexibility index (Phi) is 5.57. The number of furan rings is 1. The second-order valence-electron chi connectivity index (χ2n) is 7.16. The molecule has 6 nitrogen and oxygen atoms in total. The molecule has 0 bridgehead atoms. The third kappa shape index (κ3) is 3.68. The van der Waals surface area contributed by atoms with Crippen LogP contribution in [0.2, 0.25) is 0 Å². The lowest BCUT2D eigenvalue weighted by Crippen LogP contribution is -2.01. The van der Waals surface area contributed by atoms with Gasteiger partial charge in [0, 0.05) is 17.0 Å². The molecule has 2 aromatic heterocycles. The third-order valence-corrected chi connectivity index (χ3v) is 5.39. The highest BCUT2D eigenvalue weighted by molar-refractivity contribution is 5.93. The zero-order valence-corrected chi connectivity index (χ0v) is 17.6. The van der Waals surface area contributed by atoms with Gasteiger partial charge in [-0.2, -0.15) is 0 Å². The van der Waals surface area contributed by atoms with Gasteiger partial charge in [-0.05, 0) is 54.3 Å². The third-order valence-electron chi connectivity index (χ3n) is 5.39. The maximum Gasteiger partial charge on any atom is 0.142 e. The Morgan fingerprint density at radius 2 is 1.87 bits per heavy atom. The number of ether oxygens (including phenoxy) is 2. The van der Waals surface area contributed by atoms with Crippen molar-refractivity contribution in [2.24, 2.45) is 0 Å². The summed E-state index contributed by atoms with van der Waals surface area (Å²) < 4.78 is 16.7. The van der Waals surface area contributed by atoms with Gasteiger partial charge in [0.2, 0.25) is 0 Å². The molecule has 2 heterocycles. The SMILES string of the molecule is CCC(C)c1cc2c(Nc3cc(-c4ccco4)ccc3OC)ncnc2cc1OC. The standard InChI is InChI=1S/C24H25N3O3/c1-5-15(2)17-12-18-19(13-23(17)29-4)25-14-26-24(18)27-20-11-16(8-9-22(20)28-3)21-7-6-10-30-21/h6-15H,5H2,1-4H3,(H,25,26,27). The number of aromatic nitrogens is 2. The van der Waals surface area contributed by atoms with Crippen LogP contribution in [0.5, 0.6) is 11.5 Å². The van der Waals surface area contributed by atoms with Gasteiger partial charge in [0.15, 0.2) is 0 Å². The maximum atomic E-state index is 5.62. The minimum Gasteiger partial charge on any atom is -0.496 e. The highest BCUT2D eigenvalue weighted by atomic mass is 16.5. The fraction of sp³-hybridized carbons (Fsp3) is 0.250. The van der Waals surface area contributed by atoms with Crippen LogP contribution in [0.25, 0.3) is 22.2 Å². The van der Waals surface area contributed by atoms with E-state index >= 15 is 0 Å². The summed E-state index contributed by atoms with van der Waals surface area (Å²) >= 11 is 0. The fourth-order valence-corrected chi connectivity index (χ4v) is 3.51. The van der Waals surface area contributed by atoms with E-state index in [9.17, 15) is 0 Å². The van der Waals surface area contributed by atoms with Crippen LogP contribution in [-0.4, -0.2) is 24.2 Å². The highest BCUT2D eigenvalue weighted by Gasteiger charge is 2.16. The van der Waals surface area contributed by atoms with Crippen molar-refractivity contribution in [2.75, 3.05) is 19.5 Å². The highest BCUT2D eigenvalue weighted by Crippen LogP contribution is 2.37. The average molecular weight is 403 g/mol. The molecule has 0 saturated carbocycles. The first kappa shape index (κ1) is 19.8. The second kappa shape index (κ2) is 8.45. The van der Waals surface area contributed by atoms with Gasteiger partial charge >= 0.3 is 0 Å². The first-order valence-corrected chi connectivity index (χ1v) is 9.96. The number of rotatable bonds is 7. The Morgan fingerprint density at radius 1 is 1.03 bits per heavy atom. The topological polar surface area (TPSA) is 69.4 Å². The second-order valence-corrected chi connectivity index (χ2v) is 7.16. The molecular formula is C24H25N3O3. The average Bonchev–Trinajstić information content (AvgIpc) is 3.33. The molecule has 4 rings (SSSR count). The summed E-state index contributed by atoms with van der Waals surface area (Å²) in [5.41, 5.74) is 3.70. The molecule has 2 aromatic carbocycles. The van der Waals surface area contributed by atoms with Gasteiger partial charge in [-0.25, -0.2) is 9.97 Å². The molecule has 0 radical (unpaired) electrons. The Hall–Kier alpha value is -3.54. The van der Waals surface area contributed by atoms with Crippen molar-refractivity contribution in [3.8, 4) is 22.8 Å². The normalized spacial score (nSPS) is 12.0. The molecule has 0 saturated heterocycles. The number of anilines is 2. The van der Waals surface area contributed by atoms with Gasteiger partial charge in [-0.3, -0.25) is 0 Å². The Balaban J connectivity index is 1.81. The van der Waals surface area contributed by atoms with Crippen LogP contribution in [0, 0.1) is 0 Å². The summed E-state index contributed by atoms with van der Waals surface area (Å²) in [6, 6.07) is 13.8. The van der Waals surface area contributed by atoms with Crippen LogP contribution in [0.4, 0.5) is 11.5 Å². The van der Waals surface area contributed by atoms with Crippen LogP contribution in [0.3, 0.4) is 0 Å². The van der Waals surface area contributed by atoms with E-state index in [1.807, 2.05) is 36.4 Å². The van der Waals surface area contributed by atoms with Crippen LogP contribution < -0.4 is 14.8 Å². The number of nitrogens with one attached hydrogen (secondary N) is 1. The summed E-state index contributed by atoms with van der Waals surface area (Å²) in [6.07, 6.45) is 4.22. The molecule has 0 aliphatic heterocycles. The molecule has 6 heteroatoms. The Bertz CT molecular complexity index is 1160. The van der Waals surface area contributed by atoms with Gasteiger partial charge in [0.25, 0.3) is 0 Å². The van der Waals surface area contributed by atoms with E-state index < -0.39 is 0 Å². The van der Waals surface area contributed by atoms with Crippen LogP contribution >= 0.6 is 0 Å². The zero-order chi connectivity index (χ0) is 21.1. The summed E-state index contributed by atoms with van der Waals surface area (Å²) in [4.78, 5) is 8.95. The minimum atomic E-state index is 0.356. The molecular weight excluding hydrogens is 378 g/mol. The number of methoxy groups -OCH3 is 2. The lowest BCUT2D eigenvalue weighted by molar-refractivity contribution is 0.406. The quantitative estimate of drug-likeness (QED) is 0.398. The number of benzene rings is 2. The monoisotopic (exact) mass is 403 g/mol. The molecule has 1 unspecified atom stereocenters. The molecule has 1 atom stereocenters. The molecule has 154 valence electrons. The van der Waals surface area contributed by atoms with E-state index in [0.29, 0.717) is 17.5 Å². The lowest BCUT2D eigenvalue weighted by Gasteiger charge is -2.17. The van der Waals surface area contributed by atoms with Crippen LogP contribution in [0.15, 0.2) is 59.5 Å². The lowest BCUT2D eigenvalue weighted by atomic mass is 9.96. The molecule has 4 aromatic rings. The fourth-order valence-electron chi connectivity index (χ4n) is 3.51. The summed E-state index contributed by atoms with van der Waals surface area (Å²) in [5, 5.41) is 4.36. The van der Waals surface area contributed by atoms with E-state index in [4.69, 9.17) is 13.9 Å². The van der Waals surface area contributed by atoms with Gasteiger partial charge in [-0.15, -0.1) is 0 Å². The zero-order valence-electron chi connectivity index (χ0n) is 17.6. The van der Waals surface area contributed by atoms with Crippen molar-refractivity contribution in [3.63, 3.8) is 0 Å². The Labute approximate surface area is 175 Å². The predicted octanol–water partition coefficient (Wildman–Crippen LogP) is 6.16. The van der Waals surface area contributed by atoms with Gasteiger partial charge in [0.05, 0.1) is 31.7 Å². The number of nitrogens with zero attached hydrogens (tertiary/aromatic N) is 2. The van der Waals surface area contributed by atoms with Crippen LogP contribution in [0.1, 0.15) is 31.7 Å². The smallest absolute Gasteiger partial charge is 0.142 e. The van der Waals surface area contributed by atoms with Gasteiger partial charge in [0.1, 0.15) is 29.4 Å². The van der Waals surface area contributed by atoms with Gasteiger partial charge in [-0.1, -0.05) is 13.8 Å². The first-order chi connectivity index (χ1) is 14.6. The van der Waals surface area contributed by atoms with E-state index in [1.165, 1.54) is 0 Å². The summed E-state index contributed by atoms with van der Waals surface area (Å²) in [5.74, 6) is 3.42. The summed E-state index contributed by atoms with van der Waals surface area (Å²) in [6.45, 7) is 4.36. The predicted molar refractivity (Wildman–Crippen MR) is 119 cm³/mol. The maximum absolute atomic E-state index is 5.62. The van der Waals surface area contributed by atoms with E-state index in [2.05, 4.69) is 35.2 Å². The number of hydrogen-bond donors (Lipinski definition) is 1. The molecule has 1 N–H and O–H groups in total. The van der Waals surface area contributed by atoms with Crippen molar-refractivity contribution in [3.05, 3.63) is 60.6 Å². The first-order valence-electron chi connectivity index (χ1n) is 9.96. The molecule has 0 aliphatic carbocycles. The van der Waals surface area contributed by atoms with Crippen molar-refractivity contribution >= 4 is 22.4 Å². The number of fused-ring (bicyclic) bond motifs is 1. The van der Waals surface area contributed by atoms with E-state index in [-0.39, 0.29) is 0 Å². The van der Waals surface area contributed by atoms with Crippen molar-refractivity contribution in [2.45, 2.75) is 26.2 Å². The van der Waals surface area contributed by atoms with Crippen molar-refractivity contribution in [1.29, 1.82) is 0 Å². The number of hydrogen-bond acceptors (Lipinski definition) is 6. The molecule has 0 aliphatic rings. The molecule has 0 amide bonds. The molecule has 0 spiro atoms. The van der Waals surface area contributed by atoms with Crippen molar-refractivity contribution < 1.29 is 13.9 Å². The van der Waals surface area contributed by atoms with Gasteiger partial charge < -0.3 is 19.2 Å². The largest absolute Gasteiger partial charge is 0.496 e. The Morgan fingerprint density at radius 3 is 2.57 bits per heavy atom. The van der Waals surface area contributed by atoms with E-state index in [1.54, 1.807) is 26.8 Å². The molecule has 0 fully saturated rings. The van der Waals surface area contributed by atoms with Crippen molar-refractivity contribution in [1.82, 2.24) is 9.97 Å². The summed E-state index contributed by atoms with van der Waals surface area (Å²) in [7, 11) is 3.34. The van der Waals surface area contributed by atoms with Crippen LogP contribution in [-0.2, 0) is 0 Å².